The maximum Gasteiger partial charge on any atom is 0.159 e. The molecule has 406 valence electrons. The molecule has 14 aromatic rings. The summed E-state index contributed by atoms with van der Waals surface area (Å²) in [6.45, 7) is 4.46. The van der Waals surface area contributed by atoms with Crippen LogP contribution in [0.4, 0.5) is 17.1 Å². The van der Waals surface area contributed by atoms with E-state index in [9.17, 15) is 0 Å². The van der Waals surface area contributed by atoms with E-state index in [1.54, 1.807) is 0 Å². The molecule has 3 heterocycles. The van der Waals surface area contributed by atoms with Crippen LogP contribution in [0.1, 0.15) is 30.4 Å². The monoisotopic (exact) mass is 1090 g/mol. The van der Waals surface area contributed by atoms with Gasteiger partial charge in [-0.05, 0) is 112 Å². The zero-order chi connectivity index (χ0) is 56.8. The van der Waals surface area contributed by atoms with Crippen molar-refractivity contribution in [1.29, 1.82) is 0 Å². The number of nitrogens with two attached hydrogens (primary N) is 1. The van der Waals surface area contributed by atoms with Gasteiger partial charge < -0.3 is 23.9 Å². The normalized spacial score (nSPS) is 14.1. The van der Waals surface area contributed by atoms with Crippen LogP contribution < -0.4 is 10.6 Å². The number of hydrogen-bond acceptors (Lipinski definition) is 5. The highest BCUT2D eigenvalue weighted by Crippen LogP contribution is 2.50. The first-order valence-corrected chi connectivity index (χ1v) is 29.2. The summed E-state index contributed by atoms with van der Waals surface area (Å²) in [5.74, 6) is 0.767. The first-order valence-electron chi connectivity index (χ1n) is 29.2. The number of fused-ring (bicyclic) bond motifs is 9. The Morgan fingerprint density at radius 2 is 0.976 bits per heavy atom. The average Bonchev–Trinajstić information content (AvgIpc) is 2.40. The SMILES string of the molecule is C=Cc1c(-c2ccccc2-c2cccc3c2oc2ccccc23)oc2c1cc(N(c1cccc3c1oc1ccccc13)C1C=C(c3ccccc3)C=C(C3=CC=CCC3)C1)c1ccccc12.Nc1cc(-c2ccccc2)cc(-c2ccccc2)c1. The minimum atomic E-state index is -0.0877. The number of allylic oxidation sites excluding steroid dienone is 6. The minimum Gasteiger partial charge on any atom is -0.455 e. The first kappa shape index (κ1) is 51.0. The van der Waals surface area contributed by atoms with Gasteiger partial charge in [0.1, 0.15) is 28.1 Å². The largest absolute Gasteiger partial charge is 0.455 e. The van der Waals surface area contributed by atoms with Crippen LogP contribution in [0.3, 0.4) is 0 Å². The molecule has 0 fully saturated rings. The number of nitrogen functional groups attached to an aromatic ring is 1. The maximum absolute atomic E-state index is 7.22. The summed E-state index contributed by atoms with van der Waals surface area (Å²) < 4.78 is 20.7. The van der Waals surface area contributed by atoms with Gasteiger partial charge in [0.15, 0.2) is 5.58 Å². The van der Waals surface area contributed by atoms with Crippen LogP contribution in [-0.2, 0) is 0 Å². The Balaban J connectivity index is 0.000000274. The van der Waals surface area contributed by atoms with Crippen molar-refractivity contribution in [3.8, 4) is 44.7 Å². The molecule has 0 saturated heterocycles. The van der Waals surface area contributed by atoms with E-state index in [2.05, 4.69) is 224 Å². The average molecular weight is 1100 g/mol. The van der Waals surface area contributed by atoms with E-state index in [1.807, 2.05) is 72.8 Å². The third-order valence-corrected chi connectivity index (χ3v) is 16.9. The standard InChI is InChI=1S/C62H43NO3.C18H15N/c1-2-44-54-38-56(46-24-10-12-28-51(46)61(54)66-59(44)49-27-11-9-23-45(49)50-29-17-30-52-47-25-13-15-33-57(47)64-60(50)52)63(55-32-18-31-53-48-26-14-16-34-58(48)65-62(53)55)43-36-41(39-19-5-3-6-20-39)35-42(37-43)40-21-7-4-8-22-40;19-18-12-16(14-7-3-1-4-8-14)11-17(13-18)15-9-5-2-6-10-15/h2-7,9-21,23-36,38,43H,1,8,22,37H2;1-13H,19H2. The van der Waals surface area contributed by atoms with Crippen LogP contribution in [0.25, 0.3) is 122 Å². The van der Waals surface area contributed by atoms with Gasteiger partial charge in [0.2, 0.25) is 0 Å². The molecule has 2 N–H and O–H groups in total. The summed E-state index contributed by atoms with van der Waals surface area (Å²) >= 11 is 0. The molecule has 85 heavy (non-hydrogen) atoms. The molecule has 5 heteroatoms. The molecule has 2 aliphatic carbocycles. The molecule has 0 aliphatic heterocycles. The molecule has 0 radical (unpaired) electrons. The van der Waals surface area contributed by atoms with Gasteiger partial charge >= 0.3 is 0 Å². The molecule has 11 aromatic carbocycles. The van der Waals surface area contributed by atoms with Crippen molar-refractivity contribution in [2.24, 2.45) is 0 Å². The third kappa shape index (κ3) is 9.33. The molecule has 1 unspecified atom stereocenters. The van der Waals surface area contributed by atoms with Crippen LogP contribution in [-0.4, -0.2) is 6.04 Å². The van der Waals surface area contributed by atoms with E-state index in [0.29, 0.717) is 0 Å². The van der Waals surface area contributed by atoms with Gasteiger partial charge in [0, 0.05) is 60.1 Å². The van der Waals surface area contributed by atoms with Crippen LogP contribution in [0.2, 0.25) is 0 Å². The Morgan fingerprint density at radius 1 is 0.435 bits per heavy atom. The molecule has 0 spiro atoms. The quantitative estimate of drug-likeness (QED) is 0.138. The molecule has 0 amide bonds. The van der Waals surface area contributed by atoms with E-state index in [4.69, 9.17) is 19.0 Å². The van der Waals surface area contributed by atoms with Crippen LogP contribution in [0.15, 0.2) is 310 Å². The van der Waals surface area contributed by atoms with Gasteiger partial charge in [0.05, 0.1) is 17.4 Å². The van der Waals surface area contributed by atoms with Crippen molar-refractivity contribution in [1.82, 2.24) is 0 Å². The Kier molecular flexibility index (Phi) is 13.1. The maximum atomic E-state index is 7.22. The second-order valence-corrected chi connectivity index (χ2v) is 22.0. The summed E-state index contributed by atoms with van der Waals surface area (Å²) in [6, 6.07) is 86.6. The van der Waals surface area contributed by atoms with Gasteiger partial charge in [-0.2, -0.15) is 0 Å². The zero-order valence-corrected chi connectivity index (χ0v) is 46.8. The number of rotatable bonds is 10. The fraction of sp³-hybridized carbons (Fsp3) is 0.0500. The molecule has 0 bridgehead atoms. The Bertz CT molecular complexity index is 4950. The number of hydrogen-bond donors (Lipinski definition) is 1. The van der Waals surface area contributed by atoms with E-state index in [0.717, 1.165) is 141 Å². The summed E-state index contributed by atoms with van der Waals surface area (Å²) in [5, 5.41) is 7.48. The third-order valence-electron chi connectivity index (χ3n) is 16.9. The molecule has 5 nitrogen and oxygen atoms in total. The highest BCUT2D eigenvalue weighted by Gasteiger charge is 2.31. The summed E-state index contributed by atoms with van der Waals surface area (Å²) in [4.78, 5) is 2.54. The lowest BCUT2D eigenvalue weighted by Gasteiger charge is -2.36. The smallest absolute Gasteiger partial charge is 0.159 e. The predicted octanol–water partition coefficient (Wildman–Crippen LogP) is 22.2. The lowest BCUT2D eigenvalue weighted by atomic mass is 9.84. The van der Waals surface area contributed by atoms with Gasteiger partial charge in [-0.3, -0.25) is 0 Å². The highest BCUT2D eigenvalue weighted by atomic mass is 16.3. The molecule has 1 atom stereocenters. The second kappa shape index (κ2) is 21.8. The van der Waals surface area contributed by atoms with Crippen LogP contribution in [0.5, 0.6) is 0 Å². The van der Waals surface area contributed by atoms with Crippen molar-refractivity contribution < 1.29 is 13.3 Å². The summed E-state index contributed by atoms with van der Waals surface area (Å²) in [7, 11) is 0. The molecular formula is C80H58N2O3. The Hall–Kier alpha value is -10.9. The first-order chi connectivity index (χ1) is 42.0. The topological polar surface area (TPSA) is 68.7 Å². The van der Waals surface area contributed by atoms with E-state index >= 15 is 0 Å². The lowest BCUT2D eigenvalue weighted by Crippen LogP contribution is -2.32. The molecule has 16 rings (SSSR count). The fourth-order valence-corrected chi connectivity index (χ4v) is 12.9. The van der Waals surface area contributed by atoms with Gasteiger partial charge in [0.25, 0.3) is 0 Å². The van der Waals surface area contributed by atoms with Crippen LogP contribution in [0, 0.1) is 0 Å². The van der Waals surface area contributed by atoms with Crippen molar-refractivity contribution in [3.05, 3.63) is 308 Å². The number of para-hydroxylation sites is 4. The van der Waals surface area contributed by atoms with Crippen molar-refractivity contribution in [2.45, 2.75) is 25.3 Å². The van der Waals surface area contributed by atoms with E-state index < -0.39 is 0 Å². The molecule has 3 aromatic heterocycles. The van der Waals surface area contributed by atoms with E-state index in [1.165, 1.54) is 33.4 Å². The summed E-state index contributed by atoms with van der Waals surface area (Å²) in [5.41, 5.74) is 26.9. The number of furan rings is 3. The number of nitrogens with zero attached hydrogens (tertiary/aromatic N) is 1. The van der Waals surface area contributed by atoms with Crippen molar-refractivity contribution in [3.63, 3.8) is 0 Å². The Labute approximate surface area is 493 Å². The minimum absolute atomic E-state index is 0.0877. The fourth-order valence-electron chi connectivity index (χ4n) is 12.9. The number of benzene rings is 11. The lowest BCUT2D eigenvalue weighted by molar-refractivity contribution is 0.634. The second-order valence-electron chi connectivity index (χ2n) is 22.0. The zero-order valence-electron chi connectivity index (χ0n) is 46.8. The van der Waals surface area contributed by atoms with Crippen LogP contribution >= 0.6 is 0 Å². The summed E-state index contributed by atoms with van der Waals surface area (Å²) in [6.07, 6.45) is 16.5. The van der Waals surface area contributed by atoms with Gasteiger partial charge in [-0.25, -0.2) is 0 Å². The van der Waals surface area contributed by atoms with E-state index in [-0.39, 0.29) is 6.04 Å². The number of anilines is 3. The van der Waals surface area contributed by atoms with Gasteiger partial charge in [-0.15, -0.1) is 0 Å². The molecule has 2 aliphatic rings. The highest BCUT2D eigenvalue weighted by molar-refractivity contribution is 6.17. The molecule has 0 saturated carbocycles. The Morgan fingerprint density at radius 3 is 1.64 bits per heavy atom. The van der Waals surface area contributed by atoms with Crippen molar-refractivity contribution in [2.75, 3.05) is 10.6 Å². The molecular weight excluding hydrogens is 1040 g/mol. The van der Waals surface area contributed by atoms with Crippen molar-refractivity contribution >= 4 is 94.3 Å². The van der Waals surface area contributed by atoms with Gasteiger partial charge in [-0.1, -0.05) is 249 Å². The predicted molar refractivity (Wildman–Crippen MR) is 357 cm³/mol.